The Labute approximate surface area is 49.5 Å². The van der Waals surface area contributed by atoms with Crippen LogP contribution in [0.3, 0.4) is 0 Å². The number of hydrogen-bond donors (Lipinski definition) is 0. The summed E-state index contributed by atoms with van der Waals surface area (Å²) in [6.07, 6.45) is 2.09. The van der Waals surface area contributed by atoms with Crippen molar-refractivity contribution < 1.29 is 4.68 Å². The molecule has 8 heavy (non-hydrogen) atoms. The van der Waals surface area contributed by atoms with Crippen LogP contribution in [0.1, 0.15) is 13.8 Å². The van der Waals surface area contributed by atoms with E-state index in [0.717, 1.165) is 0 Å². The molecule has 2 heteroatoms. The minimum Gasteiger partial charge on any atom is -0.0974 e. The smallest absolute Gasteiger partial charge is 0.0974 e. The molecule has 1 heterocycles. The monoisotopic (exact) mass is 111 g/mol. The van der Waals surface area contributed by atoms with Crippen LogP contribution in [-0.2, 0) is 0 Å². The highest BCUT2D eigenvalue weighted by Gasteiger charge is 2.16. The first-order chi connectivity index (χ1) is 3.70. The molecule has 2 nitrogen and oxygen atoms in total. The maximum atomic E-state index is 4.16. The Morgan fingerprint density at radius 1 is 1.75 bits per heavy atom. The van der Waals surface area contributed by atoms with Crippen molar-refractivity contribution in [1.29, 1.82) is 0 Å². The molecule has 0 amide bonds. The summed E-state index contributed by atoms with van der Waals surface area (Å²) in [7, 11) is 1.95. The molecule has 1 aliphatic rings. The number of rotatable bonds is 0. The zero-order valence-electron chi connectivity index (χ0n) is 5.55. The van der Waals surface area contributed by atoms with Crippen molar-refractivity contribution in [2.45, 2.75) is 13.8 Å². The van der Waals surface area contributed by atoms with Crippen molar-refractivity contribution in [2.24, 2.45) is 11.0 Å². The van der Waals surface area contributed by atoms with Gasteiger partial charge in [0.1, 0.15) is 0 Å². The van der Waals surface area contributed by atoms with Gasteiger partial charge in [-0.05, 0) is 18.9 Å². The maximum Gasteiger partial charge on any atom is 0.181 e. The fraction of sp³-hybridized carbons (Fsp3) is 0.667. The SMILES string of the molecule is CC1=N[N+](C)=CC1C. The molecule has 44 valence electrons. The predicted octanol–water partition coefficient (Wildman–Crippen LogP) is 0.725. The van der Waals surface area contributed by atoms with Gasteiger partial charge < -0.3 is 0 Å². The fourth-order valence-electron chi connectivity index (χ4n) is 0.805. The molecule has 0 aromatic carbocycles. The van der Waals surface area contributed by atoms with E-state index in [1.54, 1.807) is 0 Å². The van der Waals surface area contributed by atoms with Crippen LogP contribution in [0, 0.1) is 5.92 Å². The van der Waals surface area contributed by atoms with Crippen LogP contribution in [0.4, 0.5) is 0 Å². The summed E-state index contributed by atoms with van der Waals surface area (Å²) in [5.41, 5.74) is 1.20. The van der Waals surface area contributed by atoms with Gasteiger partial charge >= 0.3 is 0 Å². The van der Waals surface area contributed by atoms with Gasteiger partial charge in [-0.1, -0.05) is 4.68 Å². The average Bonchev–Trinajstić information content (AvgIpc) is 1.85. The molecule has 0 aromatic rings. The van der Waals surface area contributed by atoms with Crippen molar-refractivity contribution in [2.75, 3.05) is 7.05 Å². The zero-order valence-corrected chi connectivity index (χ0v) is 5.55. The second kappa shape index (κ2) is 1.69. The molecule has 0 bridgehead atoms. The summed E-state index contributed by atoms with van der Waals surface area (Å²) in [4.78, 5) is 0. The van der Waals surface area contributed by atoms with E-state index in [2.05, 4.69) is 18.2 Å². The molecule has 0 fully saturated rings. The van der Waals surface area contributed by atoms with E-state index < -0.39 is 0 Å². The summed E-state index contributed by atoms with van der Waals surface area (Å²) in [5.74, 6) is 0.542. The molecule has 1 unspecified atom stereocenters. The van der Waals surface area contributed by atoms with E-state index in [-0.39, 0.29) is 0 Å². The molecule has 0 N–H and O–H groups in total. The molecule has 0 radical (unpaired) electrons. The Morgan fingerprint density at radius 3 is 2.50 bits per heavy atom. The lowest BCUT2D eigenvalue weighted by Gasteiger charge is -1.85. The van der Waals surface area contributed by atoms with Crippen LogP contribution in [0.5, 0.6) is 0 Å². The summed E-state index contributed by atoms with van der Waals surface area (Å²) < 4.78 is 1.86. The van der Waals surface area contributed by atoms with Crippen LogP contribution < -0.4 is 0 Å². The van der Waals surface area contributed by atoms with Crippen LogP contribution in [-0.4, -0.2) is 23.7 Å². The van der Waals surface area contributed by atoms with Crippen LogP contribution >= 0.6 is 0 Å². The van der Waals surface area contributed by atoms with Crippen LogP contribution in [0.15, 0.2) is 5.10 Å². The molecule has 1 atom stereocenters. The molecule has 1 aliphatic heterocycles. The molecule has 0 aromatic heterocycles. The lowest BCUT2D eigenvalue weighted by atomic mass is 10.1. The normalized spacial score (nSPS) is 27.6. The van der Waals surface area contributed by atoms with E-state index in [9.17, 15) is 0 Å². The quantitative estimate of drug-likeness (QED) is 0.409. The standard InChI is InChI=1S/C6H11N2/c1-5-4-8(3)7-6(5)2/h4-5H,1-3H3/q+1. The molecular formula is C6H11N2+. The van der Waals surface area contributed by atoms with E-state index in [1.165, 1.54) is 5.71 Å². The summed E-state index contributed by atoms with van der Waals surface area (Å²) >= 11 is 0. The van der Waals surface area contributed by atoms with Gasteiger partial charge in [-0.25, -0.2) is 0 Å². The third-order valence-corrected chi connectivity index (χ3v) is 1.41. The minimum atomic E-state index is 0.542. The number of hydrogen-bond acceptors (Lipinski definition) is 1. The minimum absolute atomic E-state index is 0.542. The zero-order chi connectivity index (χ0) is 6.15. The van der Waals surface area contributed by atoms with Crippen molar-refractivity contribution in [3.63, 3.8) is 0 Å². The fourth-order valence-corrected chi connectivity index (χ4v) is 0.805. The Kier molecular flexibility index (Phi) is 1.16. The van der Waals surface area contributed by atoms with Gasteiger partial charge in [0, 0.05) is 0 Å². The van der Waals surface area contributed by atoms with Gasteiger partial charge in [0.25, 0.3) is 0 Å². The van der Waals surface area contributed by atoms with Gasteiger partial charge in [0.05, 0.1) is 11.6 Å². The predicted molar refractivity (Wildman–Crippen MR) is 34.5 cm³/mol. The highest BCUT2D eigenvalue weighted by atomic mass is 15.4. The first-order valence-electron chi connectivity index (χ1n) is 2.83. The van der Waals surface area contributed by atoms with Crippen molar-refractivity contribution >= 4 is 11.9 Å². The second-order valence-electron chi connectivity index (χ2n) is 2.25. The third kappa shape index (κ3) is 0.782. The Bertz CT molecular complexity index is 156. The third-order valence-electron chi connectivity index (χ3n) is 1.41. The highest BCUT2D eigenvalue weighted by molar-refractivity contribution is 5.96. The van der Waals surface area contributed by atoms with Crippen molar-refractivity contribution in [3.05, 3.63) is 0 Å². The first kappa shape index (κ1) is 5.48. The Hall–Kier alpha value is -0.660. The second-order valence-corrected chi connectivity index (χ2v) is 2.25. The summed E-state index contributed by atoms with van der Waals surface area (Å²) in [6, 6.07) is 0. The van der Waals surface area contributed by atoms with Gasteiger partial charge in [-0.2, -0.15) is 0 Å². The van der Waals surface area contributed by atoms with Gasteiger partial charge in [0.15, 0.2) is 13.3 Å². The molecule has 0 saturated heterocycles. The van der Waals surface area contributed by atoms with E-state index in [4.69, 9.17) is 0 Å². The molecule has 0 saturated carbocycles. The first-order valence-corrected chi connectivity index (χ1v) is 2.83. The van der Waals surface area contributed by atoms with Gasteiger partial charge in [-0.3, -0.25) is 0 Å². The van der Waals surface area contributed by atoms with E-state index >= 15 is 0 Å². The Balaban J connectivity index is 2.78. The Morgan fingerprint density at radius 2 is 2.38 bits per heavy atom. The lowest BCUT2D eigenvalue weighted by molar-refractivity contribution is -0.495. The lowest BCUT2D eigenvalue weighted by Crippen LogP contribution is -2.02. The van der Waals surface area contributed by atoms with E-state index in [1.807, 2.05) is 18.7 Å². The molecular weight excluding hydrogens is 100 g/mol. The summed E-state index contributed by atoms with van der Waals surface area (Å²) in [6.45, 7) is 4.19. The van der Waals surface area contributed by atoms with Crippen LogP contribution in [0.2, 0.25) is 0 Å². The van der Waals surface area contributed by atoms with Crippen molar-refractivity contribution in [3.8, 4) is 0 Å². The van der Waals surface area contributed by atoms with Crippen LogP contribution in [0.25, 0.3) is 0 Å². The molecule has 0 aliphatic carbocycles. The number of nitrogens with zero attached hydrogens (tertiary/aromatic N) is 2. The van der Waals surface area contributed by atoms with Gasteiger partial charge in [0.2, 0.25) is 0 Å². The number of hydrazone groups is 1. The average molecular weight is 111 g/mol. The van der Waals surface area contributed by atoms with E-state index in [0.29, 0.717) is 5.92 Å². The summed E-state index contributed by atoms with van der Waals surface area (Å²) in [5, 5.41) is 4.16. The topological polar surface area (TPSA) is 15.4 Å². The maximum absolute atomic E-state index is 4.16. The van der Waals surface area contributed by atoms with Crippen molar-refractivity contribution in [1.82, 2.24) is 0 Å². The highest BCUT2D eigenvalue weighted by Crippen LogP contribution is 2.00. The largest absolute Gasteiger partial charge is 0.181 e. The van der Waals surface area contributed by atoms with Gasteiger partial charge in [-0.15, -0.1) is 0 Å². The molecule has 0 spiro atoms. The molecule has 1 rings (SSSR count).